The van der Waals surface area contributed by atoms with Gasteiger partial charge in [-0.15, -0.1) is 10.2 Å². The van der Waals surface area contributed by atoms with Gasteiger partial charge in [0.15, 0.2) is 11.0 Å². The molecule has 0 aliphatic rings. The highest BCUT2D eigenvalue weighted by Gasteiger charge is 2.19. The lowest BCUT2D eigenvalue weighted by Crippen LogP contribution is -2.31. The molecular formula is C15H21N5OS. The molecule has 22 heavy (non-hydrogen) atoms. The van der Waals surface area contributed by atoms with E-state index in [1.807, 2.05) is 37.5 Å². The number of carbonyl (C=O) groups is 1. The molecule has 2 heterocycles. The van der Waals surface area contributed by atoms with Crippen LogP contribution in [-0.4, -0.2) is 37.5 Å². The number of aromatic nitrogens is 4. The van der Waals surface area contributed by atoms with Crippen LogP contribution in [0.4, 0.5) is 0 Å². The third kappa shape index (κ3) is 3.85. The van der Waals surface area contributed by atoms with Gasteiger partial charge in [0, 0.05) is 31.0 Å². The summed E-state index contributed by atoms with van der Waals surface area (Å²) >= 11 is 1.43. The summed E-state index contributed by atoms with van der Waals surface area (Å²) in [5, 5.41) is 12.0. The average molecular weight is 319 g/mol. The van der Waals surface area contributed by atoms with E-state index in [4.69, 9.17) is 0 Å². The number of amides is 1. The zero-order valence-corrected chi connectivity index (χ0v) is 13.9. The summed E-state index contributed by atoms with van der Waals surface area (Å²) in [6, 6.07) is 3.81. The second-order valence-corrected chi connectivity index (χ2v) is 6.15. The molecule has 6 nitrogen and oxygen atoms in total. The van der Waals surface area contributed by atoms with Crippen molar-refractivity contribution in [3.63, 3.8) is 0 Å². The third-order valence-electron chi connectivity index (χ3n) is 3.17. The number of carbonyl (C=O) groups excluding carboxylic acids is 1. The van der Waals surface area contributed by atoms with E-state index in [1.165, 1.54) is 11.8 Å². The van der Waals surface area contributed by atoms with Gasteiger partial charge < -0.3 is 9.88 Å². The Morgan fingerprint density at radius 2 is 2.05 bits per heavy atom. The largest absolute Gasteiger partial charge is 0.355 e. The zero-order chi connectivity index (χ0) is 15.9. The number of hydrogen-bond donors (Lipinski definition) is 1. The van der Waals surface area contributed by atoms with Crippen LogP contribution in [0.1, 0.15) is 27.2 Å². The highest BCUT2D eigenvalue weighted by atomic mass is 32.2. The van der Waals surface area contributed by atoms with Crippen LogP contribution in [0.3, 0.4) is 0 Å². The molecule has 2 aromatic heterocycles. The zero-order valence-electron chi connectivity index (χ0n) is 13.1. The molecule has 2 rings (SSSR count). The summed E-state index contributed by atoms with van der Waals surface area (Å²) in [5.41, 5.74) is 0.972. The summed E-state index contributed by atoms with van der Waals surface area (Å²) in [5.74, 6) is 0.830. The van der Waals surface area contributed by atoms with Gasteiger partial charge in [0.05, 0.1) is 5.25 Å². The van der Waals surface area contributed by atoms with Gasteiger partial charge in [-0.1, -0.05) is 18.7 Å². The second-order valence-electron chi connectivity index (χ2n) is 4.84. The third-order valence-corrected chi connectivity index (χ3v) is 4.25. The number of pyridine rings is 1. The molecule has 0 aliphatic heterocycles. The number of nitrogens with zero attached hydrogens (tertiary/aromatic N) is 4. The predicted octanol–water partition coefficient (Wildman–Crippen LogP) is 2.37. The maximum absolute atomic E-state index is 12.0. The summed E-state index contributed by atoms with van der Waals surface area (Å²) < 4.78 is 2.02. The molecule has 0 aliphatic carbocycles. The van der Waals surface area contributed by atoms with Gasteiger partial charge in [0.25, 0.3) is 0 Å². The van der Waals surface area contributed by atoms with Crippen LogP contribution >= 0.6 is 11.8 Å². The van der Waals surface area contributed by atoms with E-state index in [1.54, 1.807) is 12.4 Å². The van der Waals surface area contributed by atoms with E-state index in [0.717, 1.165) is 29.5 Å². The summed E-state index contributed by atoms with van der Waals surface area (Å²) in [6.07, 6.45) is 4.40. The molecule has 0 unspecified atom stereocenters. The van der Waals surface area contributed by atoms with Gasteiger partial charge in [-0.05, 0) is 32.4 Å². The second kappa shape index (κ2) is 7.93. The SMILES string of the molecule is CCCNC(=O)[C@H](C)Sc1nnc(-c2ccncc2)n1CC. The minimum atomic E-state index is -0.202. The minimum Gasteiger partial charge on any atom is -0.355 e. The smallest absolute Gasteiger partial charge is 0.233 e. The highest BCUT2D eigenvalue weighted by Crippen LogP contribution is 2.26. The molecule has 0 fully saturated rings. The van der Waals surface area contributed by atoms with Crippen molar-refractivity contribution < 1.29 is 4.79 Å². The number of nitrogens with one attached hydrogen (secondary N) is 1. The van der Waals surface area contributed by atoms with Crippen LogP contribution in [0.2, 0.25) is 0 Å². The van der Waals surface area contributed by atoms with Gasteiger partial charge in [-0.3, -0.25) is 9.78 Å². The van der Waals surface area contributed by atoms with E-state index < -0.39 is 0 Å². The topological polar surface area (TPSA) is 72.7 Å². The minimum absolute atomic E-state index is 0.0305. The molecule has 0 aromatic carbocycles. The first kappa shape index (κ1) is 16.5. The van der Waals surface area contributed by atoms with E-state index in [-0.39, 0.29) is 11.2 Å². The Balaban J connectivity index is 2.16. The molecule has 7 heteroatoms. The van der Waals surface area contributed by atoms with Crippen LogP contribution in [0.15, 0.2) is 29.7 Å². The molecule has 0 saturated heterocycles. The molecule has 1 atom stereocenters. The molecule has 1 N–H and O–H groups in total. The normalized spacial score (nSPS) is 12.1. The van der Waals surface area contributed by atoms with E-state index in [9.17, 15) is 4.79 Å². The summed E-state index contributed by atoms with van der Waals surface area (Å²) in [7, 11) is 0. The van der Waals surface area contributed by atoms with Gasteiger partial charge in [0.2, 0.25) is 5.91 Å². The number of hydrogen-bond acceptors (Lipinski definition) is 5. The molecule has 0 radical (unpaired) electrons. The van der Waals surface area contributed by atoms with E-state index in [0.29, 0.717) is 6.54 Å². The number of rotatable bonds is 7. The Hall–Kier alpha value is -1.89. The van der Waals surface area contributed by atoms with Gasteiger partial charge in [0.1, 0.15) is 0 Å². The van der Waals surface area contributed by atoms with Crippen molar-refractivity contribution in [2.75, 3.05) is 6.54 Å². The fourth-order valence-corrected chi connectivity index (χ4v) is 2.92. The van der Waals surface area contributed by atoms with Gasteiger partial charge in [-0.2, -0.15) is 0 Å². The summed E-state index contributed by atoms with van der Waals surface area (Å²) in [4.78, 5) is 16.0. The molecule has 1 amide bonds. The molecule has 2 aromatic rings. The predicted molar refractivity (Wildman–Crippen MR) is 87.5 cm³/mol. The lowest BCUT2D eigenvalue weighted by atomic mass is 10.2. The Labute approximate surface area is 134 Å². The Morgan fingerprint density at radius 1 is 1.32 bits per heavy atom. The Bertz CT molecular complexity index is 614. The van der Waals surface area contributed by atoms with Crippen LogP contribution in [0.25, 0.3) is 11.4 Å². The van der Waals surface area contributed by atoms with Crippen LogP contribution < -0.4 is 5.32 Å². The van der Waals surface area contributed by atoms with Crippen molar-refractivity contribution in [3.8, 4) is 11.4 Å². The maximum atomic E-state index is 12.0. The molecule has 0 spiro atoms. The highest BCUT2D eigenvalue weighted by molar-refractivity contribution is 8.00. The Morgan fingerprint density at radius 3 is 2.68 bits per heavy atom. The van der Waals surface area contributed by atoms with E-state index >= 15 is 0 Å². The first-order valence-corrected chi connectivity index (χ1v) is 8.33. The standard InChI is InChI=1S/C15H21N5OS/c1-4-8-17-14(21)11(3)22-15-19-18-13(20(15)5-2)12-6-9-16-10-7-12/h6-7,9-11H,4-5,8H2,1-3H3,(H,17,21)/t11-/m0/s1. The van der Waals surface area contributed by atoms with E-state index in [2.05, 4.69) is 20.5 Å². The van der Waals surface area contributed by atoms with Crippen molar-refractivity contribution in [2.45, 2.75) is 44.1 Å². The van der Waals surface area contributed by atoms with Gasteiger partial charge >= 0.3 is 0 Å². The molecule has 0 bridgehead atoms. The summed E-state index contributed by atoms with van der Waals surface area (Å²) in [6.45, 7) is 7.41. The van der Waals surface area contributed by atoms with Crippen molar-refractivity contribution >= 4 is 17.7 Å². The van der Waals surface area contributed by atoms with Crippen molar-refractivity contribution in [2.24, 2.45) is 0 Å². The monoisotopic (exact) mass is 319 g/mol. The maximum Gasteiger partial charge on any atom is 0.233 e. The van der Waals surface area contributed by atoms with Crippen LogP contribution in [-0.2, 0) is 11.3 Å². The van der Waals surface area contributed by atoms with Crippen LogP contribution in [0, 0.1) is 0 Å². The molecule has 118 valence electrons. The average Bonchev–Trinajstić information content (AvgIpc) is 2.95. The van der Waals surface area contributed by atoms with Gasteiger partial charge in [-0.25, -0.2) is 0 Å². The Kier molecular flexibility index (Phi) is 5.94. The number of thioether (sulfide) groups is 1. The lowest BCUT2D eigenvalue weighted by Gasteiger charge is -2.12. The quantitative estimate of drug-likeness (QED) is 0.793. The van der Waals surface area contributed by atoms with Crippen molar-refractivity contribution in [3.05, 3.63) is 24.5 Å². The van der Waals surface area contributed by atoms with Crippen molar-refractivity contribution in [1.29, 1.82) is 0 Å². The molecule has 0 saturated carbocycles. The lowest BCUT2D eigenvalue weighted by molar-refractivity contribution is -0.120. The van der Waals surface area contributed by atoms with Crippen molar-refractivity contribution in [1.82, 2.24) is 25.1 Å². The first-order valence-electron chi connectivity index (χ1n) is 7.45. The van der Waals surface area contributed by atoms with Crippen LogP contribution in [0.5, 0.6) is 0 Å². The fourth-order valence-electron chi connectivity index (χ4n) is 1.98. The fraction of sp³-hybridized carbons (Fsp3) is 0.467. The first-order chi connectivity index (χ1) is 10.7. The molecular weight excluding hydrogens is 298 g/mol.